The summed E-state index contributed by atoms with van der Waals surface area (Å²) in [6.45, 7) is 11.6. The molecule has 0 aromatic heterocycles. The number of likely N-dealkylation sites (tertiary alicyclic amines) is 1. The molecule has 1 atom stereocenters. The van der Waals surface area contributed by atoms with Crippen LogP contribution >= 0.6 is 0 Å². The van der Waals surface area contributed by atoms with Crippen molar-refractivity contribution in [3.8, 4) is 0 Å². The molecule has 2 fully saturated rings. The third-order valence-corrected chi connectivity index (χ3v) is 6.06. The number of unbranched alkanes of at least 4 members (excludes halogenated alkanes) is 1. The highest BCUT2D eigenvalue weighted by molar-refractivity contribution is 5.93. The number of nitrogens with two attached hydrogens (primary N) is 1. The van der Waals surface area contributed by atoms with Crippen molar-refractivity contribution in [1.29, 1.82) is 0 Å². The highest BCUT2D eigenvalue weighted by atomic mass is 16.6. The smallest absolute Gasteiger partial charge is 0.411 e. The van der Waals surface area contributed by atoms with Crippen LogP contribution < -0.4 is 5.73 Å². The average Bonchev–Trinajstić information content (AvgIpc) is 2.64. The number of hydrogen-bond acceptors (Lipinski definition) is 6. The normalized spacial score (nSPS) is 25.7. The maximum absolute atomic E-state index is 13.1. The van der Waals surface area contributed by atoms with E-state index in [2.05, 4.69) is 23.8 Å². The summed E-state index contributed by atoms with van der Waals surface area (Å²) in [6, 6.07) is 0.462. The van der Waals surface area contributed by atoms with E-state index in [-0.39, 0.29) is 12.3 Å². The number of nitrogens with zero attached hydrogens (tertiary/aromatic N) is 3. The fourth-order valence-corrected chi connectivity index (χ4v) is 4.45. The van der Waals surface area contributed by atoms with Crippen molar-refractivity contribution in [2.75, 3.05) is 46.3 Å². The van der Waals surface area contributed by atoms with Crippen molar-refractivity contribution < 1.29 is 14.3 Å². The fourth-order valence-electron chi connectivity index (χ4n) is 4.45. The van der Waals surface area contributed by atoms with E-state index in [4.69, 9.17) is 10.5 Å². The fraction of sp³-hybridized carbons (Fsp3) is 0.905. The van der Waals surface area contributed by atoms with Crippen molar-refractivity contribution in [3.05, 3.63) is 0 Å². The lowest BCUT2D eigenvalue weighted by atomic mass is 9.82. The quantitative estimate of drug-likeness (QED) is 0.741. The molecular formula is C21H40N4O3. The van der Waals surface area contributed by atoms with Crippen LogP contribution in [0.25, 0.3) is 0 Å². The largest absolute Gasteiger partial charge is 0.444 e. The molecule has 2 heterocycles. The van der Waals surface area contributed by atoms with Crippen LogP contribution in [0.3, 0.4) is 0 Å². The minimum atomic E-state index is -0.880. The number of piperidine rings is 1. The molecule has 162 valence electrons. The predicted octanol–water partition coefficient (Wildman–Crippen LogP) is 2.09. The summed E-state index contributed by atoms with van der Waals surface area (Å²) < 4.78 is 5.67. The molecule has 7 heteroatoms. The molecule has 2 N–H and O–H groups in total. The van der Waals surface area contributed by atoms with Gasteiger partial charge in [-0.25, -0.2) is 4.79 Å². The van der Waals surface area contributed by atoms with Crippen molar-refractivity contribution in [1.82, 2.24) is 14.7 Å². The standard InChI is InChI=1S/C21H40N4O3/c1-6-7-10-21(18(26)15-22)16-24(17-8-11-23(5)12-9-17)13-14-25(21)19(27)28-20(2,3)4/h17H,6-16,22H2,1-5H3. The van der Waals surface area contributed by atoms with Gasteiger partial charge in [0.15, 0.2) is 5.78 Å². The van der Waals surface area contributed by atoms with Crippen LogP contribution in [-0.4, -0.2) is 90.1 Å². The Morgan fingerprint density at radius 2 is 1.79 bits per heavy atom. The molecule has 7 nitrogen and oxygen atoms in total. The van der Waals surface area contributed by atoms with Crippen molar-refractivity contribution in [2.45, 2.75) is 77.0 Å². The summed E-state index contributed by atoms with van der Waals surface area (Å²) in [5, 5.41) is 0. The Morgan fingerprint density at radius 1 is 1.14 bits per heavy atom. The highest BCUT2D eigenvalue weighted by Crippen LogP contribution is 2.32. The average molecular weight is 397 g/mol. The molecule has 0 saturated carbocycles. The minimum absolute atomic E-state index is 0.0513. The summed E-state index contributed by atoms with van der Waals surface area (Å²) >= 11 is 0. The third kappa shape index (κ3) is 5.45. The molecule has 0 aromatic carbocycles. The summed E-state index contributed by atoms with van der Waals surface area (Å²) in [7, 11) is 2.15. The summed E-state index contributed by atoms with van der Waals surface area (Å²) in [5.74, 6) is -0.0514. The number of carbonyl (C=O) groups excluding carboxylic acids is 2. The molecule has 2 aliphatic rings. The zero-order valence-corrected chi connectivity index (χ0v) is 18.5. The number of rotatable bonds is 6. The summed E-state index contributed by atoms with van der Waals surface area (Å²) in [4.78, 5) is 32.6. The molecule has 1 unspecified atom stereocenters. The van der Waals surface area contributed by atoms with E-state index in [9.17, 15) is 9.59 Å². The van der Waals surface area contributed by atoms with Crippen LogP contribution in [0.5, 0.6) is 0 Å². The first-order valence-corrected chi connectivity index (χ1v) is 10.8. The lowest BCUT2D eigenvalue weighted by molar-refractivity contribution is -0.136. The van der Waals surface area contributed by atoms with Crippen LogP contribution in [0.4, 0.5) is 4.79 Å². The second kappa shape index (κ2) is 9.55. The number of Topliss-reactive ketones (excluding diaryl/α,β-unsaturated/α-hetero) is 1. The Labute approximate surface area is 170 Å². The monoisotopic (exact) mass is 396 g/mol. The maximum atomic E-state index is 13.1. The van der Waals surface area contributed by atoms with Crippen LogP contribution in [0.1, 0.15) is 59.8 Å². The molecule has 0 aromatic rings. The van der Waals surface area contributed by atoms with E-state index in [1.165, 1.54) is 0 Å². The van der Waals surface area contributed by atoms with Crippen LogP contribution in [-0.2, 0) is 9.53 Å². The molecule has 0 spiro atoms. The number of hydrogen-bond donors (Lipinski definition) is 1. The first kappa shape index (κ1) is 23.1. The van der Waals surface area contributed by atoms with Crippen LogP contribution in [0.2, 0.25) is 0 Å². The number of amides is 1. The zero-order chi connectivity index (χ0) is 20.9. The molecule has 28 heavy (non-hydrogen) atoms. The van der Waals surface area contributed by atoms with Crippen molar-refractivity contribution in [2.24, 2.45) is 5.73 Å². The number of carbonyl (C=O) groups is 2. The molecule has 2 rings (SSSR count). The molecule has 0 aliphatic carbocycles. The Bertz CT molecular complexity index is 540. The van der Waals surface area contributed by atoms with Gasteiger partial charge in [0.05, 0.1) is 6.54 Å². The second-order valence-corrected chi connectivity index (χ2v) is 9.40. The maximum Gasteiger partial charge on any atom is 0.411 e. The van der Waals surface area contributed by atoms with Gasteiger partial charge in [-0.05, 0) is 60.2 Å². The molecule has 0 radical (unpaired) electrons. The van der Waals surface area contributed by atoms with Gasteiger partial charge >= 0.3 is 6.09 Å². The van der Waals surface area contributed by atoms with Crippen LogP contribution in [0.15, 0.2) is 0 Å². The van der Waals surface area contributed by atoms with Gasteiger partial charge in [0.2, 0.25) is 0 Å². The first-order valence-electron chi connectivity index (χ1n) is 10.8. The van der Waals surface area contributed by atoms with Gasteiger partial charge in [-0.15, -0.1) is 0 Å². The van der Waals surface area contributed by atoms with E-state index in [1.54, 1.807) is 4.90 Å². The van der Waals surface area contributed by atoms with Gasteiger partial charge in [0, 0.05) is 25.7 Å². The number of ether oxygens (including phenoxy) is 1. The van der Waals surface area contributed by atoms with E-state index in [0.29, 0.717) is 25.6 Å². The molecule has 2 saturated heterocycles. The summed E-state index contributed by atoms with van der Waals surface area (Å²) in [6.07, 6.45) is 4.30. The van der Waals surface area contributed by atoms with Gasteiger partial charge in [-0.3, -0.25) is 14.6 Å². The van der Waals surface area contributed by atoms with E-state index < -0.39 is 17.2 Å². The van der Waals surface area contributed by atoms with E-state index in [0.717, 1.165) is 45.3 Å². The SMILES string of the molecule is CCCCC1(C(=O)CN)CN(C2CCN(C)CC2)CCN1C(=O)OC(C)(C)C. The number of ketones is 1. The van der Waals surface area contributed by atoms with E-state index in [1.807, 2.05) is 20.8 Å². The molecule has 2 aliphatic heterocycles. The predicted molar refractivity (Wildman–Crippen MR) is 111 cm³/mol. The van der Waals surface area contributed by atoms with Gasteiger partial charge < -0.3 is 15.4 Å². The number of piperazine rings is 1. The van der Waals surface area contributed by atoms with Gasteiger partial charge in [-0.2, -0.15) is 0 Å². The Kier molecular flexibility index (Phi) is 7.88. The van der Waals surface area contributed by atoms with Crippen LogP contribution in [0, 0.1) is 0 Å². The van der Waals surface area contributed by atoms with Crippen molar-refractivity contribution in [3.63, 3.8) is 0 Å². The van der Waals surface area contributed by atoms with Gasteiger partial charge in [0.25, 0.3) is 0 Å². The van der Waals surface area contributed by atoms with Gasteiger partial charge in [0.1, 0.15) is 11.1 Å². The van der Waals surface area contributed by atoms with E-state index >= 15 is 0 Å². The van der Waals surface area contributed by atoms with Gasteiger partial charge in [-0.1, -0.05) is 19.8 Å². The lowest BCUT2D eigenvalue weighted by Crippen LogP contribution is -2.70. The zero-order valence-electron chi connectivity index (χ0n) is 18.5. The molecule has 0 bridgehead atoms. The Balaban J connectivity index is 2.29. The molecule has 1 amide bonds. The topological polar surface area (TPSA) is 79.1 Å². The Morgan fingerprint density at radius 3 is 2.32 bits per heavy atom. The van der Waals surface area contributed by atoms with Crippen molar-refractivity contribution >= 4 is 11.9 Å². The third-order valence-electron chi connectivity index (χ3n) is 6.06. The highest BCUT2D eigenvalue weighted by Gasteiger charge is 2.50. The lowest BCUT2D eigenvalue weighted by Gasteiger charge is -2.52. The second-order valence-electron chi connectivity index (χ2n) is 9.40. The molecular weight excluding hydrogens is 356 g/mol. The Hall–Kier alpha value is -1.18. The summed E-state index contributed by atoms with van der Waals surface area (Å²) in [5.41, 5.74) is 4.36. The first-order chi connectivity index (χ1) is 13.1. The minimum Gasteiger partial charge on any atom is -0.444 e.